The minimum atomic E-state index is 0.929. The minimum absolute atomic E-state index is 0.929. The Labute approximate surface area is 86.0 Å². The van der Waals surface area contributed by atoms with Gasteiger partial charge in [0.15, 0.2) is 0 Å². The van der Waals surface area contributed by atoms with Crippen LogP contribution in [0.1, 0.15) is 32.3 Å². The second-order valence-corrected chi connectivity index (χ2v) is 3.43. The number of rotatable bonds is 5. The van der Waals surface area contributed by atoms with Crippen molar-refractivity contribution >= 4 is 6.08 Å². The topological polar surface area (TPSA) is 25.2 Å². The van der Waals surface area contributed by atoms with Gasteiger partial charge >= 0.3 is 0 Å². The van der Waals surface area contributed by atoms with Gasteiger partial charge in [0.05, 0.1) is 0 Å². The molecular weight excluding hydrogens is 174 g/mol. The van der Waals surface area contributed by atoms with Crippen molar-refractivity contribution in [2.45, 2.75) is 27.2 Å². The van der Waals surface area contributed by atoms with Crippen LogP contribution in [-0.2, 0) is 6.42 Å². The van der Waals surface area contributed by atoms with E-state index in [0.29, 0.717) is 0 Å². The first-order valence-electron chi connectivity index (χ1n) is 5.22. The lowest BCUT2D eigenvalue weighted by atomic mass is 10.2. The van der Waals surface area contributed by atoms with E-state index in [0.717, 1.165) is 31.0 Å². The van der Waals surface area contributed by atoms with Crippen LogP contribution in [0, 0.1) is 0 Å². The molecule has 0 radical (unpaired) electrons. The molecule has 0 spiro atoms. The molecule has 0 aliphatic carbocycles. The first kappa shape index (κ1) is 11.1. The van der Waals surface area contributed by atoms with Gasteiger partial charge in [0.25, 0.3) is 0 Å². The van der Waals surface area contributed by atoms with Crippen LogP contribution in [-0.4, -0.2) is 13.1 Å². The Bertz CT molecular complexity index is 299. The van der Waals surface area contributed by atoms with E-state index in [2.05, 4.69) is 32.2 Å². The van der Waals surface area contributed by atoms with Gasteiger partial charge in [0, 0.05) is 13.0 Å². The maximum atomic E-state index is 5.58. The third kappa shape index (κ3) is 3.38. The summed E-state index contributed by atoms with van der Waals surface area (Å²) >= 11 is 0. The predicted octanol–water partition coefficient (Wildman–Crippen LogP) is 2.85. The van der Waals surface area contributed by atoms with E-state index >= 15 is 0 Å². The lowest BCUT2D eigenvalue weighted by molar-refractivity contribution is 0.507. The fraction of sp³-hybridized carbons (Fsp3) is 0.500. The van der Waals surface area contributed by atoms with Crippen LogP contribution in [0.3, 0.4) is 0 Å². The standard InChI is InChI=1S/C12H19NO/c1-4-11-6-7-12(14-11)8-10(3)9-13-5-2/h6-8,13H,4-5,9H2,1-3H3. The summed E-state index contributed by atoms with van der Waals surface area (Å²) in [5.74, 6) is 2.00. The number of nitrogens with one attached hydrogen (secondary N) is 1. The number of aryl methyl sites for hydroxylation is 1. The zero-order chi connectivity index (χ0) is 10.4. The molecule has 1 heterocycles. The molecule has 1 rings (SSSR count). The second kappa shape index (κ2) is 5.66. The Morgan fingerprint density at radius 2 is 2.21 bits per heavy atom. The van der Waals surface area contributed by atoms with Gasteiger partial charge < -0.3 is 9.73 Å². The summed E-state index contributed by atoms with van der Waals surface area (Å²) < 4.78 is 5.58. The Hall–Kier alpha value is -1.02. The van der Waals surface area contributed by atoms with Gasteiger partial charge in [-0.15, -0.1) is 0 Å². The number of likely N-dealkylation sites (N-methyl/N-ethyl adjacent to an activating group) is 1. The van der Waals surface area contributed by atoms with Crippen LogP contribution in [0.25, 0.3) is 6.08 Å². The molecule has 0 bridgehead atoms. The molecule has 0 aromatic carbocycles. The number of hydrogen-bond donors (Lipinski definition) is 1. The molecule has 0 atom stereocenters. The highest BCUT2D eigenvalue weighted by Gasteiger charge is 1.97. The summed E-state index contributed by atoms with van der Waals surface area (Å²) in [6.45, 7) is 8.24. The predicted molar refractivity (Wildman–Crippen MR) is 60.3 cm³/mol. The average molecular weight is 193 g/mol. The molecule has 2 nitrogen and oxygen atoms in total. The zero-order valence-corrected chi connectivity index (χ0v) is 9.26. The molecule has 1 aromatic rings. The van der Waals surface area contributed by atoms with Crippen LogP contribution in [0.15, 0.2) is 22.1 Å². The van der Waals surface area contributed by atoms with Gasteiger partial charge in [-0.3, -0.25) is 0 Å². The summed E-state index contributed by atoms with van der Waals surface area (Å²) in [7, 11) is 0. The van der Waals surface area contributed by atoms with Crippen molar-refractivity contribution in [3.8, 4) is 0 Å². The van der Waals surface area contributed by atoms with E-state index < -0.39 is 0 Å². The molecule has 1 N–H and O–H groups in total. The highest BCUT2D eigenvalue weighted by atomic mass is 16.3. The Kier molecular flexibility index (Phi) is 4.47. The maximum Gasteiger partial charge on any atom is 0.127 e. The molecule has 0 unspecified atom stereocenters. The SMILES string of the molecule is CCNCC(C)=Cc1ccc(CC)o1. The minimum Gasteiger partial charge on any atom is -0.462 e. The van der Waals surface area contributed by atoms with Gasteiger partial charge in [0.1, 0.15) is 11.5 Å². The first-order chi connectivity index (χ1) is 6.76. The van der Waals surface area contributed by atoms with Crippen LogP contribution in [0.4, 0.5) is 0 Å². The van der Waals surface area contributed by atoms with Crippen molar-refractivity contribution < 1.29 is 4.42 Å². The highest BCUT2D eigenvalue weighted by Crippen LogP contribution is 2.11. The average Bonchev–Trinajstić information content (AvgIpc) is 2.62. The van der Waals surface area contributed by atoms with Gasteiger partial charge in [-0.1, -0.05) is 19.4 Å². The molecule has 0 amide bonds. The third-order valence-corrected chi connectivity index (χ3v) is 2.07. The zero-order valence-electron chi connectivity index (χ0n) is 9.26. The Morgan fingerprint density at radius 1 is 1.43 bits per heavy atom. The van der Waals surface area contributed by atoms with Crippen molar-refractivity contribution in [2.75, 3.05) is 13.1 Å². The molecular formula is C12H19NO. The Balaban J connectivity index is 2.56. The lowest BCUT2D eigenvalue weighted by Crippen LogP contribution is -2.14. The fourth-order valence-electron chi connectivity index (χ4n) is 1.28. The normalized spacial score (nSPS) is 12.1. The van der Waals surface area contributed by atoms with E-state index in [9.17, 15) is 0 Å². The number of hydrogen-bond acceptors (Lipinski definition) is 2. The summed E-state index contributed by atoms with van der Waals surface area (Å²) in [6, 6.07) is 4.06. The quantitative estimate of drug-likeness (QED) is 0.778. The van der Waals surface area contributed by atoms with Crippen LogP contribution >= 0.6 is 0 Å². The van der Waals surface area contributed by atoms with Crippen LogP contribution in [0.2, 0.25) is 0 Å². The summed E-state index contributed by atoms with van der Waals surface area (Å²) in [4.78, 5) is 0. The molecule has 0 saturated heterocycles. The fourth-order valence-corrected chi connectivity index (χ4v) is 1.28. The Morgan fingerprint density at radius 3 is 2.79 bits per heavy atom. The smallest absolute Gasteiger partial charge is 0.127 e. The maximum absolute atomic E-state index is 5.58. The van der Waals surface area contributed by atoms with E-state index in [-0.39, 0.29) is 0 Å². The van der Waals surface area contributed by atoms with Gasteiger partial charge in [-0.25, -0.2) is 0 Å². The molecule has 1 aromatic heterocycles. The lowest BCUT2D eigenvalue weighted by Gasteiger charge is -2.00. The summed E-state index contributed by atoms with van der Waals surface area (Å²) in [5.41, 5.74) is 1.30. The third-order valence-electron chi connectivity index (χ3n) is 2.07. The molecule has 14 heavy (non-hydrogen) atoms. The van der Waals surface area contributed by atoms with Crippen molar-refractivity contribution in [3.05, 3.63) is 29.2 Å². The first-order valence-corrected chi connectivity index (χ1v) is 5.22. The molecule has 0 aliphatic rings. The van der Waals surface area contributed by atoms with Crippen LogP contribution in [0.5, 0.6) is 0 Å². The molecule has 0 saturated carbocycles. The largest absolute Gasteiger partial charge is 0.462 e. The molecule has 2 heteroatoms. The molecule has 0 fully saturated rings. The molecule has 78 valence electrons. The van der Waals surface area contributed by atoms with Gasteiger partial charge in [-0.05, 0) is 31.7 Å². The molecule has 0 aliphatic heterocycles. The number of furan rings is 1. The van der Waals surface area contributed by atoms with Gasteiger partial charge in [0.2, 0.25) is 0 Å². The van der Waals surface area contributed by atoms with E-state index in [1.165, 1.54) is 5.57 Å². The van der Waals surface area contributed by atoms with Crippen molar-refractivity contribution in [1.82, 2.24) is 5.32 Å². The van der Waals surface area contributed by atoms with E-state index in [1.807, 2.05) is 12.1 Å². The van der Waals surface area contributed by atoms with E-state index in [1.54, 1.807) is 0 Å². The van der Waals surface area contributed by atoms with E-state index in [4.69, 9.17) is 4.42 Å². The van der Waals surface area contributed by atoms with Crippen molar-refractivity contribution in [1.29, 1.82) is 0 Å². The van der Waals surface area contributed by atoms with Crippen LogP contribution < -0.4 is 5.32 Å². The second-order valence-electron chi connectivity index (χ2n) is 3.43. The van der Waals surface area contributed by atoms with Crippen molar-refractivity contribution in [3.63, 3.8) is 0 Å². The van der Waals surface area contributed by atoms with Gasteiger partial charge in [-0.2, -0.15) is 0 Å². The van der Waals surface area contributed by atoms with Crippen molar-refractivity contribution in [2.24, 2.45) is 0 Å². The summed E-state index contributed by atoms with van der Waals surface area (Å²) in [5, 5.41) is 3.28. The monoisotopic (exact) mass is 193 g/mol. The summed E-state index contributed by atoms with van der Waals surface area (Å²) in [6.07, 6.45) is 3.04. The highest BCUT2D eigenvalue weighted by molar-refractivity contribution is 5.47.